The van der Waals surface area contributed by atoms with Crippen LogP contribution in [0, 0.1) is 11.6 Å². The Hall–Kier alpha value is -2.24. The number of nitrogens with two attached hydrogens (primary N) is 1. The molecule has 4 nitrogen and oxygen atoms in total. The number of hydrogen-bond donors (Lipinski definition) is 1. The first-order chi connectivity index (χ1) is 10.5. The van der Waals surface area contributed by atoms with E-state index >= 15 is 0 Å². The van der Waals surface area contributed by atoms with Gasteiger partial charge in [0.25, 0.3) is 0 Å². The number of carbonyl (C=O) groups excluding carboxylic acids is 2. The lowest BCUT2D eigenvalue weighted by molar-refractivity contribution is -0.130. The van der Waals surface area contributed by atoms with Crippen LogP contribution in [0.4, 0.5) is 8.78 Å². The van der Waals surface area contributed by atoms with Crippen molar-refractivity contribution in [2.24, 2.45) is 5.73 Å². The molecule has 2 rings (SSSR count). The minimum atomic E-state index is -0.726. The van der Waals surface area contributed by atoms with E-state index in [1.54, 1.807) is 4.90 Å². The number of piperidine rings is 1. The highest BCUT2D eigenvalue weighted by molar-refractivity contribution is 5.92. The number of likely N-dealkylation sites (tertiary alicyclic amines) is 1. The number of rotatable bonds is 4. The molecule has 1 aliphatic heterocycles. The summed E-state index contributed by atoms with van der Waals surface area (Å²) in [5.41, 5.74) is 4.95. The van der Waals surface area contributed by atoms with Crippen LogP contribution in [0.3, 0.4) is 0 Å². The fourth-order valence-electron chi connectivity index (χ4n) is 2.66. The van der Waals surface area contributed by atoms with E-state index in [4.69, 9.17) is 5.73 Å². The molecule has 0 aliphatic carbocycles. The van der Waals surface area contributed by atoms with Gasteiger partial charge in [0.15, 0.2) is 0 Å². The van der Waals surface area contributed by atoms with Crippen LogP contribution >= 0.6 is 0 Å². The first-order valence-corrected chi connectivity index (χ1v) is 7.20. The Morgan fingerprint density at radius 3 is 2.59 bits per heavy atom. The van der Waals surface area contributed by atoms with Crippen molar-refractivity contribution in [2.45, 2.75) is 31.7 Å². The normalized spacial score (nSPS) is 18.6. The molecule has 1 aromatic carbocycles. The average molecular weight is 308 g/mol. The third-order valence-electron chi connectivity index (χ3n) is 3.74. The highest BCUT2D eigenvalue weighted by atomic mass is 19.1. The number of carbonyl (C=O) groups is 2. The second-order valence-electron chi connectivity index (χ2n) is 5.32. The summed E-state index contributed by atoms with van der Waals surface area (Å²) in [5.74, 6) is -2.28. The highest BCUT2D eigenvalue weighted by Gasteiger charge is 2.26. The molecule has 0 unspecified atom stereocenters. The standard InChI is InChI=1S/C16H18F2N2O2/c17-13-5-3-6-14(18)12(13)7-8-16(22)20-9-2-1-4-11(20)10-15(19)21/h3,5-8,11H,1-2,4,9-10H2,(H2,19,21)/b8-7-/t11-/m0/s1. The fourth-order valence-corrected chi connectivity index (χ4v) is 2.66. The zero-order valence-electron chi connectivity index (χ0n) is 12.1. The number of hydrogen-bond acceptors (Lipinski definition) is 2. The molecule has 2 amide bonds. The molecular formula is C16H18F2N2O2. The predicted octanol–water partition coefficient (Wildman–Crippen LogP) is 2.23. The van der Waals surface area contributed by atoms with Gasteiger partial charge in [0.05, 0.1) is 0 Å². The summed E-state index contributed by atoms with van der Waals surface area (Å²) in [4.78, 5) is 24.8. The van der Waals surface area contributed by atoms with Gasteiger partial charge in [-0.2, -0.15) is 0 Å². The minimum Gasteiger partial charge on any atom is -0.370 e. The van der Waals surface area contributed by atoms with Gasteiger partial charge in [-0.05, 0) is 37.5 Å². The van der Waals surface area contributed by atoms with E-state index in [9.17, 15) is 18.4 Å². The van der Waals surface area contributed by atoms with Crippen LogP contribution in [0.1, 0.15) is 31.2 Å². The third-order valence-corrected chi connectivity index (χ3v) is 3.74. The summed E-state index contributed by atoms with van der Waals surface area (Å²) in [7, 11) is 0. The highest BCUT2D eigenvalue weighted by Crippen LogP contribution is 2.21. The maximum Gasteiger partial charge on any atom is 0.246 e. The van der Waals surface area contributed by atoms with Gasteiger partial charge in [0.2, 0.25) is 11.8 Å². The summed E-state index contributed by atoms with van der Waals surface area (Å²) < 4.78 is 27.0. The van der Waals surface area contributed by atoms with Crippen molar-refractivity contribution in [3.63, 3.8) is 0 Å². The van der Waals surface area contributed by atoms with Crippen LogP contribution in [0.15, 0.2) is 24.3 Å². The van der Waals surface area contributed by atoms with E-state index in [0.717, 1.165) is 37.1 Å². The lowest BCUT2D eigenvalue weighted by Crippen LogP contribution is -2.44. The Balaban J connectivity index is 2.12. The van der Waals surface area contributed by atoms with E-state index < -0.39 is 17.5 Å². The van der Waals surface area contributed by atoms with E-state index in [1.807, 2.05) is 0 Å². The fraction of sp³-hybridized carbons (Fsp3) is 0.375. The summed E-state index contributed by atoms with van der Waals surface area (Å²) >= 11 is 0. The monoisotopic (exact) mass is 308 g/mol. The van der Waals surface area contributed by atoms with Crippen LogP contribution in [0.25, 0.3) is 6.08 Å². The van der Waals surface area contributed by atoms with Crippen LogP contribution in [-0.4, -0.2) is 29.3 Å². The Kier molecular flexibility index (Phi) is 5.25. The molecule has 6 heteroatoms. The van der Waals surface area contributed by atoms with Gasteiger partial charge in [0, 0.05) is 30.6 Å². The number of primary amides is 1. The van der Waals surface area contributed by atoms with Crippen molar-refractivity contribution in [1.82, 2.24) is 4.90 Å². The van der Waals surface area contributed by atoms with Gasteiger partial charge >= 0.3 is 0 Å². The largest absolute Gasteiger partial charge is 0.370 e. The third kappa shape index (κ3) is 3.90. The van der Waals surface area contributed by atoms with Gasteiger partial charge in [-0.3, -0.25) is 9.59 Å². The van der Waals surface area contributed by atoms with Gasteiger partial charge in [0.1, 0.15) is 11.6 Å². The van der Waals surface area contributed by atoms with Crippen LogP contribution in [-0.2, 0) is 9.59 Å². The molecule has 1 fully saturated rings. The molecule has 2 N–H and O–H groups in total. The summed E-state index contributed by atoms with van der Waals surface area (Å²) in [6.07, 6.45) is 4.84. The summed E-state index contributed by atoms with van der Waals surface area (Å²) in [6.45, 7) is 0.515. The molecule has 1 aromatic rings. The zero-order chi connectivity index (χ0) is 16.1. The van der Waals surface area contributed by atoms with E-state index in [2.05, 4.69) is 0 Å². The first-order valence-electron chi connectivity index (χ1n) is 7.20. The van der Waals surface area contributed by atoms with Gasteiger partial charge in [-0.15, -0.1) is 0 Å². The molecule has 22 heavy (non-hydrogen) atoms. The lowest BCUT2D eigenvalue weighted by Gasteiger charge is -2.34. The molecule has 0 spiro atoms. The zero-order valence-corrected chi connectivity index (χ0v) is 12.1. The average Bonchev–Trinajstić information content (AvgIpc) is 2.46. The SMILES string of the molecule is NC(=O)C[C@@H]1CCCCN1C(=O)/C=C\c1c(F)cccc1F. The maximum atomic E-state index is 13.5. The first kappa shape index (κ1) is 16.1. The molecule has 1 heterocycles. The minimum absolute atomic E-state index is 0.105. The molecule has 1 aliphatic rings. The topological polar surface area (TPSA) is 63.4 Å². The van der Waals surface area contributed by atoms with Crippen molar-refractivity contribution in [3.8, 4) is 0 Å². The number of amides is 2. The number of nitrogens with zero attached hydrogens (tertiary/aromatic N) is 1. The Morgan fingerprint density at radius 2 is 1.95 bits per heavy atom. The second kappa shape index (κ2) is 7.15. The Bertz CT molecular complexity index is 582. The second-order valence-corrected chi connectivity index (χ2v) is 5.32. The summed E-state index contributed by atoms with van der Waals surface area (Å²) in [6, 6.07) is 3.28. The molecule has 0 saturated carbocycles. The van der Waals surface area contributed by atoms with Gasteiger partial charge < -0.3 is 10.6 Å². The van der Waals surface area contributed by atoms with Crippen LogP contribution in [0.5, 0.6) is 0 Å². The maximum absolute atomic E-state index is 13.5. The van der Waals surface area contributed by atoms with Crippen molar-refractivity contribution in [3.05, 3.63) is 41.5 Å². The molecule has 1 atom stereocenters. The van der Waals surface area contributed by atoms with Crippen molar-refractivity contribution < 1.29 is 18.4 Å². The van der Waals surface area contributed by atoms with Crippen LogP contribution in [0.2, 0.25) is 0 Å². The van der Waals surface area contributed by atoms with Crippen molar-refractivity contribution in [1.29, 1.82) is 0 Å². The lowest BCUT2D eigenvalue weighted by atomic mass is 9.99. The smallest absolute Gasteiger partial charge is 0.246 e. The van der Waals surface area contributed by atoms with E-state index in [-0.39, 0.29) is 23.9 Å². The summed E-state index contributed by atoms with van der Waals surface area (Å²) in [5, 5.41) is 0. The molecular weight excluding hydrogens is 290 g/mol. The Labute approximate surface area is 127 Å². The van der Waals surface area contributed by atoms with E-state index in [0.29, 0.717) is 13.0 Å². The Morgan fingerprint density at radius 1 is 1.27 bits per heavy atom. The van der Waals surface area contributed by atoms with Crippen molar-refractivity contribution >= 4 is 17.9 Å². The molecule has 1 saturated heterocycles. The predicted molar refractivity (Wildman–Crippen MR) is 78.6 cm³/mol. The number of benzene rings is 1. The van der Waals surface area contributed by atoms with Crippen LogP contribution < -0.4 is 5.73 Å². The quantitative estimate of drug-likeness (QED) is 0.867. The molecule has 118 valence electrons. The van der Waals surface area contributed by atoms with Crippen molar-refractivity contribution in [2.75, 3.05) is 6.54 Å². The molecule has 0 radical (unpaired) electrons. The molecule has 0 aromatic heterocycles. The van der Waals surface area contributed by atoms with E-state index in [1.165, 1.54) is 6.07 Å². The molecule has 0 bridgehead atoms. The van der Waals surface area contributed by atoms with Gasteiger partial charge in [-0.1, -0.05) is 6.07 Å². The van der Waals surface area contributed by atoms with Gasteiger partial charge in [-0.25, -0.2) is 8.78 Å². The number of halogens is 2.